The van der Waals surface area contributed by atoms with Crippen molar-refractivity contribution < 1.29 is 35.9 Å². The highest BCUT2D eigenvalue weighted by molar-refractivity contribution is 6.32. The molecule has 1 N–H and O–H groups in total. The highest BCUT2D eigenvalue weighted by Gasteiger charge is 2.48. The number of aromatic nitrogens is 6. The number of nitrogens with one attached hydrogen (secondary N) is 1. The van der Waals surface area contributed by atoms with Crippen LogP contribution < -0.4 is 5.32 Å². The van der Waals surface area contributed by atoms with Crippen LogP contribution in [-0.4, -0.2) is 41.4 Å². The van der Waals surface area contributed by atoms with E-state index in [-0.39, 0.29) is 50.3 Å². The Morgan fingerprint density at radius 1 is 0.938 bits per heavy atom. The van der Waals surface area contributed by atoms with Crippen molar-refractivity contribution >= 4 is 23.3 Å². The van der Waals surface area contributed by atoms with Gasteiger partial charge in [0, 0.05) is 24.7 Å². The van der Waals surface area contributed by atoms with E-state index < -0.39 is 48.4 Å². The van der Waals surface area contributed by atoms with Crippen molar-refractivity contribution in [3.63, 3.8) is 0 Å². The van der Waals surface area contributed by atoms with Gasteiger partial charge in [-0.3, -0.25) is 9.59 Å². The Morgan fingerprint density at radius 3 is 2.21 bits per heavy atom. The lowest BCUT2D eigenvalue weighted by molar-refractivity contribution is -0.165. The molecule has 0 bridgehead atoms. The number of hydrogen-bond donors (Lipinski definition) is 1. The molecule has 0 aliphatic heterocycles. The van der Waals surface area contributed by atoms with Crippen molar-refractivity contribution in [2.75, 3.05) is 0 Å². The molecule has 0 spiro atoms. The Morgan fingerprint density at radius 2 is 1.60 bits per heavy atom. The minimum absolute atomic E-state index is 0.0210. The van der Waals surface area contributed by atoms with E-state index in [9.17, 15) is 41.2 Å². The van der Waals surface area contributed by atoms with Crippen LogP contribution in [0, 0.1) is 18.3 Å². The number of rotatable bonds is 9. The fraction of sp³-hybridized carbons (Fsp3) is 0.194. The van der Waals surface area contributed by atoms with Crippen LogP contribution in [0.15, 0.2) is 66.9 Å². The summed E-state index contributed by atoms with van der Waals surface area (Å²) >= 11 is 6.30. The maximum Gasteiger partial charge on any atom is 0.437 e. The standard InChI is InChI=1S/C31H21ClF6N8O2/c1-17-10-19(14-39)11-22(29(48)41-15-18-6-3-2-4-7-18)21(17)13-25(47)24-12-20(42-46(24)28-23(32)8-5-9-40-28)16-45-43-26(30(33,34)35)27(44-45)31(36,37)38/h2-12H,13,15-16H2,1H3,(H,41,48). The highest BCUT2D eigenvalue weighted by atomic mass is 35.5. The predicted molar refractivity (Wildman–Crippen MR) is 157 cm³/mol. The number of amides is 1. The number of ketones is 1. The molecule has 2 aromatic carbocycles. The van der Waals surface area contributed by atoms with Crippen LogP contribution in [0.3, 0.4) is 0 Å². The molecule has 5 rings (SSSR count). The molecule has 5 aromatic rings. The molecule has 0 saturated carbocycles. The van der Waals surface area contributed by atoms with E-state index in [0.29, 0.717) is 5.56 Å². The Hall–Kier alpha value is -5.56. The van der Waals surface area contributed by atoms with E-state index in [1.54, 1.807) is 31.2 Å². The maximum atomic E-state index is 13.9. The number of carbonyl (C=O) groups is 2. The van der Waals surface area contributed by atoms with E-state index >= 15 is 0 Å². The van der Waals surface area contributed by atoms with Gasteiger partial charge in [0.15, 0.2) is 23.0 Å². The summed E-state index contributed by atoms with van der Waals surface area (Å²) in [5.41, 5.74) is -3.13. The van der Waals surface area contributed by atoms with Crippen LogP contribution in [0.25, 0.3) is 5.82 Å². The van der Waals surface area contributed by atoms with E-state index in [1.165, 1.54) is 30.5 Å². The molecule has 0 radical (unpaired) electrons. The fourth-order valence-electron chi connectivity index (χ4n) is 4.79. The van der Waals surface area contributed by atoms with E-state index in [2.05, 4.69) is 25.6 Å². The first-order chi connectivity index (χ1) is 22.7. The molecule has 246 valence electrons. The summed E-state index contributed by atoms with van der Waals surface area (Å²) in [7, 11) is 0. The summed E-state index contributed by atoms with van der Waals surface area (Å²) in [6.07, 6.45) is -9.99. The summed E-state index contributed by atoms with van der Waals surface area (Å²) in [5.74, 6) is -1.29. The summed E-state index contributed by atoms with van der Waals surface area (Å²) in [6.45, 7) is 0.973. The first-order valence-corrected chi connectivity index (χ1v) is 14.2. The van der Waals surface area contributed by atoms with Crippen LogP contribution in [0.2, 0.25) is 5.02 Å². The molecular formula is C31H21ClF6N8O2. The molecule has 0 atom stereocenters. The third kappa shape index (κ3) is 7.36. The number of carbonyl (C=O) groups excluding carboxylic acids is 2. The lowest BCUT2D eigenvalue weighted by atomic mass is 9.93. The Labute approximate surface area is 272 Å². The van der Waals surface area contributed by atoms with Gasteiger partial charge in [0.1, 0.15) is 12.2 Å². The third-order valence-corrected chi connectivity index (χ3v) is 7.26. The van der Waals surface area contributed by atoms with E-state index in [4.69, 9.17) is 11.6 Å². The number of nitriles is 1. The number of benzene rings is 2. The molecule has 10 nitrogen and oxygen atoms in total. The highest BCUT2D eigenvalue weighted by Crippen LogP contribution is 2.38. The van der Waals surface area contributed by atoms with Gasteiger partial charge in [-0.2, -0.15) is 41.5 Å². The molecule has 0 fully saturated rings. The molecular weight excluding hydrogens is 666 g/mol. The number of nitrogens with zero attached hydrogens (tertiary/aromatic N) is 7. The van der Waals surface area contributed by atoms with Gasteiger partial charge in [0.05, 0.1) is 22.3 Å². The fourth-order valence-corrected chi connectivity index (χ4v) is 4.99. The van der Waals surface area contributed by atoms with Crippen LogP contribution in [0.5, 0.6) is 0 Å². The maximum absolute atomic E-state index is 13.9. The predicted octanol–water partition coefficient (Wildman–Crippen LogP) is 6.13. The van der Waals surface area contributed by atoms with Crippen molar-refractivity contribution in [3.05, 3.63) is 122 Å². The molecule has 0 unspecified atom stereocenters. The molecule has 0 aliphatic rings. The van der Waals surface area contributed by atoms with Crippen molar-refractivity contribution in [3.8, 4) is 11.9 Å². The quantitative estimate of drug-likeness (QED) is 0.146. The minimum Gasteiger partial charge on any atom is -0.348 e. The second-order valence-electron chi connectivity index (χ2n) is 10.4. The van der Waals surface area contributed by atoms with Gasteiger partial charge in [-0.25, -0.2) is 9.67 Å². The number of hydrogen-bond acceptors (Lipinski definition) is 7. The summed E-state index contributed by atoms with van der Waals surface area (Å²) in [5, 5.41) is 22.5. The minimum atomic E-state index is -5.45. The zero-order chi connectivity index (χ0) is 34.8. The second kappa shape index (κ2) is 13.3. The Bertz CT molecular complexity index is 2020. The zero-order valence-electron chi connectivity index (χ0n) is 24.6. The Kier molecular flexibility index (Phi) is 9.35. The topological polar surface area (TPSA) is 131 Å². The number of halogens is 7. The van der Waals surface area contributed by atoms with Crippen molar-refractivity contribution in [1.82, 2.24) is 35.1 Å². The van der Waals surface area contributed by atoms with E-state index in [1.807, 2.05) is 12.1 Å². The largest absolute Gasteiger partial charge is 0.437 e. The lowest BCUT2D eigenvalue weighted by Crippen LogP contribution is -2.25. The van der Waals surface area contributed by atoms with Gasteiger partial charge >= 0.3 is 12.4 Å². The zero-order valence-corrected chi connectivity index (χ0v) is 25.3. The van der Waals surface area contributed by atoms with Crippen LogP contribution in [0.4, 0.5) is 26.3 Å². The third-order valence-electron chi connectivity index (χ3n) is 6.96. The average Bonchev–Trinajstić information content (AvgIpc) is 3.67. The average molecular weight is 687 g/mol. The number of alkyl halides is 6. The Balaban J connectivity index is 1.52. The van der Waals surface area contributed by atoms with Crippen molar-refractivity contribution in [1.29, 1.82) is 5.26 Å². The molecule has 0 saturated heterocycles. The number of Topliss-reactive ketones (excluding diaryl/α,β-unsaturated/α-hetero) is 1. The van der Waals surface area contributed by atoms with Crippen LogP contribution >= 0.6 is 11.6 Å². The van der Waals surface area contributed by atoms with Gasteiger partial charge in [-0.15, -0.1) is 10.2 Å². The molecule has 3 aromatic heterocycles. The van der Waals surface area contributed by atoms with Crippen LogP contribution in [-0.2, 0) is 31.9 Å². The molecule has 1 amide bonds. The normalized spacial score (nSPS) is 11.7. The molecule has 17 heteroatoms. The molecule has 48 heavy (non-hydrogen) atoms. The number of aryl methyl sites for hydroxylation is 1. The summed E-state index contributed by atoms with van der Waals surface area (Å²) in [6, 6.07) is 17.9. The van der Waals surface area contributed by atoms with Gasteiger partial charge in [0.25, 0.3) is 5.91 Å². The number of pyridine rings is 1. The van der Waals surface area contributed by atoms with Crippen LogP contribution in [0.1, 0.15) is 60.2 Å². The van der Waals surface area contributed by atoms with Gasteiger partial charge in [-0.1, -0.05) is 41.9 Å². The van der Waals surface area contributed by atoms with E-state index in [0.717, 1.165) is 16.3 Å². The smallest absolute Gasteiger partial charge is 0.348 e. The van der Waals surface area contributed by atoms with Gasteiger partial charge in [0.2, 0.25) is 0 Å². The monoisotopic (exact) mass is 686 g/mol. The first-order valence-electron chi connectivity index (χ1n) is 13.8. The lowest BCUT2D eigenvalue weighted by Gasteiger charge is -2.14. The second-order valence-corrected chi connectivity index (χ2v) is 10.8. The van der Waals surface area contributed by atoms with Crippen molar-refractivity contribution in [2.45, 2.75) is 38.8 Å². The van der Waals surface area contributed by atoms with Gasteiger partial charge in [-0.05, 0) is 53.9 Å². The first kappa shape index (κ1) is 33.8. The van der Waals surface area contributed by atoms with Crippen molar-refractivity contribution in [2.24, 2.45) is 0 Å². The van der Waals surface area contributed by atoms with Gasteiger partial charge < -0.3 is 5.32 Å². The summed E-state index contributed by atoms with van der Waals surface area (Å²) in [4.78, 5) is 31.5. The SMILES string of the molecule is Cc1cc(C#N)cc(C(=O)NCc2ccccc2)c1CC(=O)c1cc(Cn2nc(C(F)(F)F)c(C(F)(F)F)n2)nn1-c1ncccc1Cl. The molecule has 3 heterocycles. The summed E-state index contributed by atoms with van der Waals surface area (Å²) < 4.78 is 81.0. The molecule has 0 aliphatic carbocycles.